The van der Waals surface area contributed by atoms with Gasteiger partial charge in [0, 0.05) is 6.04 Å². The highest BCUT2D eigenvalue weighted by Gasteiger charge is 2.41. The molecule has 1 aromatic carbocycles. The van der Waals surface area contributed by atoms with Crippen LogP contribution in [0.2, 0.25) is 0 Å². The predicted molar refractivity (Wildman–Crippen MR) is 55.5 cm³/mol. The zero-order chi connectivity index (χ0) is 13.1. The molecule has 0 bridgehead atoms. The fourth-order valence-electron chi connectivity index (χ4n) is 1.11. The number of benzene rings is 1. The van der Waals surface area contributed by atoms with Crippen molar-refractivity contribution in [1.82, 2.24) is 0 Å². The molecule has 17 heavy (non-hydrogen) atoms. The second-order valence-corrected chi connectivity index (χ2v) is 3.71. The maximum Gasteiger partial charge on any atom is 0.340 e. The van der Waals surface area contributed by atoms with Crippen LogP contribution in [0.5, 0.6) is 5.75 Å². The number of alkyl halides is 4. The van der Waals surface area contributed by atoms with E-state index in [9.17, 15) is 17.6 Å². The Hall–Kier alpha value is -1.30. The van der Waals surface area contributed by atoms with E-state index in [4.69, 9.17) is 5.73 Å². The maximum atomic E-state index is 12.5. The smallest absolute Gasteiger partial charge is 0.340 e. The standard InChI is InChI=1S/C11H13F4NO/c1-7(16)8-2-4-9(5-3-8)17-6-11(14,15)10(12)13/h2-5,7,10H,6,16H2,1H3. The minimum Gasteiger partial charge on any atom is -0.487 e. The van der Waals surface area contributed by atoms with Gasteiger partial charge in [0.15, 0.2) is 6.61 Å². The highest BCUT2D eigenvalue weighted by atomic mass is 19.3. The fraction of sp³-hybridized carbons (Fsp3) is 0.455. The molecule has 1 atom stereocenters. The van der Waals surface area contributed by atoms with Gasteiger partial charge in [-0.25, -0.2) is 8.78 Å². The van der Waals surface area contributed by atoms with Crippen molar-refractivity contribution < 1.29 is 22.3 Å². The molecule has 0 saturated heterocycles. The lowest BCUT2D eigenvalue weighted by molar-refractivity contribution is -0.148. The lowest BCUT2D eigenvalue weighted by atomic mass is 10.1. The van der Waals surface area contributed by atoms with Crippen LogP contribution in [0.3, 0.4) is 0 Å². The van der Waals surface area contributed by atoms with Crippen molar-refractivity contribution in [1.29, 1.82) is 0 Å². The second-order valence-electron chi connectivity index (χ2n) is 3.71. The van der Waals surface area contributed by atoms with Crippen molar-refractivity contribution in [3.05, 3.63) is 29.8 Å². The molecule has 1 unspecified atom stereocenters. The molecule has 0 saturated carbocycles. The second kappa shape index (κ2) is 5.35. The van der Waals surface area contributed by atoms with Gasteiger partial charge in [0.2, 0.25) is 0 Å². The summed E-state index contributed by atoms with van der Waals surface area (Å²) >= 11 is 0. The van der Waals surface area contributed by atoms with Gasteiger partial charge in [0.05, 0.1) is 0 Å². The Labute approximate surface area is 96.4 Å². The fourth-order valence-corrected chi connectivity index (χ4v) is 1.11. The van der Waals surface area contributed by atoms with Crippen molar-refractivity contribution in [2.45, 2.75) is 25.3 Å². The molecule has 6 heteroatoms. The van der Waals surface area contributed by atoms with Crippen LogP contribution in [-0.4, -0.2) is 19.0 Å². The molecule has 0 aliphatic heterocycles. The minimum absolute atomic E-state index is 0.106. The summed E-state index contributed by atoms with van der Waals surface area (Å²) in [6, 6.07) is 5.84. The van der Waals surface area contributed by atoms with Crippen LogP contribution in [0.1, 0.15) is 18.5 Å². The van der Waals surface area contributed by atoms with E-state index in [1.165, 1.54) is 12.1 Å². The van der Waals surface area contributed by atoms with Gasteiger partial charge in [0.1, 0.15) is 5.75 Å². The zero-order valence-electron chi connectivity index (χ0n) is 9.17. The molecule has 0 fully saturated rings. The summed E-state index contributed by atoms with van der Waals surface area (Å²) in [5.74, 6) is -4.03. The molecule has 0 amide bonds. The molecule has 0 aliphatic rings. The third-order valence-corrected chi connectivity index (χ3v) is 2.16. The maximum absolute atomic E-state index is 12.5. The highest BCUT2D eigenvalue weighted by Crippen LogP contribution is 2.24. The molecule has 0 spiro atoms. The van der Waals surface area contributed by atoms with Crippen molar-refractivity contribution >= 4 is 0 Å². The van der Waals surface area contributed by atoms with E-state index in [2.05, 4.69) is 4.74 Å². The van der Waals surface area contributed by atoms with E-state index in [-0.39, 0.29) is 11.8 Å². The largest absolute Gasteiger partial charge is 0.487 e. The summed E-state index contributed by atoms with van der Waals surface area (Å²) in [7, 11) is 0. The van der Waals surface area contributed by atoms with E-state index in [0.29, 0.717) is 0 Å². The Morgan fingerprint density at radius 1 is 1.24 bits per heavy atom. The van der Waals surface area contributed by atoms with E-state index < -0.39 is 19.0 Å². The van der Waals surface area contributed by atoms with Gasteiger partial charge in [-0.3, -0.25) is 0 Å². The van der Waals surface area contributed by atoms with Crippen LogP contribution in [0.4, 0.5) is 17.6 Å². The van der Waals surface area contributed by atoms with E-state index >= 15 is 0 Å². The Balaban J connectivity index is 2.59. The SMILES string of the molecule is CC(N)c1ccc(OCC(F)(F)C(F)F)cc1. The minimum atomic E-state index is -4.14. The lowest BCUT2D eigenvalue weighted by Gasteiger charge is -2.16. The van der Waals surface area contributed by atoms with E-state index in [1.807, 2.05) is 0 Å². The summed E-state index contributed by atoms with van der Waals surface area (Å²) in [4.78, 5) is 0. The molecular formula is C11H13F4NO. The first-order valence-corrected chi connectivity index (χ1v) is 4.97. The summed E-state index contributed by atoms with van der Waals surface area (Å²) in [6.45, 7) is 0.420. The molecule has 0 heterocycles. The van der Waals surface area contributed by atoms with Gasteiger partial charge in [-0.1, -0.05) is 12.1 Å². The van der Waals surface area contributed by atoms with Crippen molar-refractivity contribution in [2.75, 3.05) is 6.61 Å². The molecule has 96 valence electrons. The topological polar surface area (TPSA) is 35.2 Å². The quantitative estimate of drug-likeness (QED) is 0.816. The van der Waals surface area contributed by atoms with Crippen molar-refractivity contribution in [3.8, 4) is 5.75 Å². The van der Waals surface area contributed by atoms with Crippen LogP contribution < -0.4 is 10.5 Å². The average Bonchev–Trinajstić information content (AvgIpc) is 2.27. The van der Waals surface area contributed by atoms with Crippen LogP contribution in [0.15, 0.2) is 24.3 Å². The Morgan fingerprint density at radius 2 is 1.76 bits per heavy atom. The third-order valence-electron chi connectivity index (χ3n) is 2.16. The van der Waals surface area contributed by atoms with Gasteiger partial charge in [0.25, 0.3) is 0 Å². The lowest BCUT2D eigenvalue weighted by Crippen LogP contribution is -2.33. The predicted octanol–water partition coefficient (Wildman–Crippen LogP) is 2.99. The van der Waals surface area contributed by atoms with Crippen LogP contribution in [0.25, 0.3) is 0 Å². The summed E-state index contributed by atoms with van der Waals surface area (Å²) in [5.41, 5.74) is 6.39. The van der Waals surface area contributed by atoms with Crippen LogP contribution in [-0.2, 0) is 0 Å². The highest BCUT2D eigenvalue weighted by molar-refractivity contribution is 5.28. The first kappa shape index (κ1) is 13.8. The first-order chi connectivity index (χ1) is 7.83. The number of hydrogen-bond acceptors (Lipinski definition) is 2. The van der Waals surface area contributed by atoms with E-state index in [0.717, 1.165) is 5.56 Å². The van der Waals surface area contributed by atoms with Gasteiger partial charge in [-0.15, -0.1) is 0 Å². The monoisotopic (exact) mass is 251 g/mol. The first-order valence-electron chi connectivity index (χ1n) is 4.97. The molecule has 0 aromatic heterocycles. The summed E-state index contributed by atoms with van der Waals surface area (Å²) in [5, 5.41) is 0. The number of halogens is 4. The Kier molecular flexibility index (Phi) is 4.34. The normalized spacial score (nSPS) is 13.8. The van der Waals surface area contributed by atoms with Gasteiger partial charge >= 0.3 is 12.3 Å². The molecule has 1 rings (SSSR count). The van der Waals surface area contributed by atoms with Crippen molar-refractivity contribution in [2.24, 2.45) is 5.73 Å². The molecule has 2 N–H and O–H groups in total. The number of ether oxygens (including phenoxy) is 1. The van der Waals surface area contributed by atoms with Gasteiger partial charge in [-0.2, -0.15) is 8.78 Å². The van der Waals surface area contributed by atoms with Crippen molar-refractivity contribution in [3.63, 3.8) is 0 Å². The summed E-state index contributed by atoms with van der Waals surface area (Å²) in [6.07, 6.45) is -3.73. The van der Waals surface area contributed by atoms with Gasteiger partial charge < -0.3 is 10.5 Å². The third kappa shape index (κ3) is 3.89. The number of nitrogens with two attached hydrogens (primary N) is 1. The molecule has 1 aromatic rings. The van der Waals surface area contributed by atoms with E-state index in [1.54, 1.807) is 19.1 Å². The molecule has 0 radical (unpaired) electrons. The molecule has 0 aliphatic carbocycles. The number of rotatable bonds is 5. The molecule has 2 nitrogen and oxygen atoms in total. The zero-order valence-corrected chi connectivity index (χ0v) is 9.17. The average molecular weight is 251 g/mol. The Bertz CT molecular complexity index is 351. The van der Waals surface area contributed by atoms with Gasteiger partial charge in [-0.05, 0) is 24.6 Å². The summed E-state index contributed by atoms with van der Waals surface area (Å²) < 4.78 is 53.4. The van der Waals surface area contributed by atoms with Crippen LogP contribution >= 0.6 is 0 Å². The number of hydrogen-bond donors (Lipinski definition) is 1. The molecular weight excluding hydrogens is 238 g/mol. The Morgan fingerprint density at radius 3 is 2.18 bits per heavy atom. The van der Waals surface area contributed by atoms with Crippen LogP contribution in [0, 0.1) is 0 Å².